The van der Waals surface area contributed by atoms with Gasteiger partial charge in [0.2, 0.25) is 5.91 Å². The van der Waals surface area contributed by atoms with Gasteiger partial charge in [0.25, 0.3) is 0 Å². The Morgan fingerprint density at radius 1 is 1.39 bits per heavy atom. The van der Waals surface area contributed by atoms with Gasteiger partial charge in [-0.3, -0.25) is 4.79 Å². The molecule has 5 nitrogen and oxygen atoms in total. The highest BCUT2D eigenvalue weighted by Crippen LogP contribution is 2.33. The number of nitrogens with one attached hydrogen (secondary N) is 1. The standard InChI is InChI=1S/C26H45N3O2/c1-6-20(2)17-24(31-5)18-25(30)29-16-10-14-26(29,27)19-21(3)22(4)28-15-13-23-11-8-7-9-12-23/h8,11-12,20-21,24,28H,4,6-7,9-10,13-19,27H2,1-3,5H3/t20-,21+,24-,26-/m0/s1. The first kappa shape index (κ1) is 25.7. The predicted molar refractivity (Wildman–Crippen MR) is 129 cm³/mol. The SMILES string of the molecule is C=C(NCCC1=CCCC=C1)[C@H](C)C[C@]1(N)CCCN1C(=O)C[C@H](C[C@@H](C)CC)OC. The molecular formula is C26H45N3O2. The van der Waals surface area contributed by atoms with Crippen LogP contribution < -0.4 is 11.1 Å². The number of nitrogens with two attached hydrogens (primary N) is 1. The minimum absolute atomic E-state index is 0.0375. The number of hydrogen-bond donors (Lipinski definition) is 2. The van der Waals surface area contributed by atoms with E-state index in [4.69, 9.17) is 10.5 Å². The fraction of sp³-hybridized carbons (Fsp3) is 0.731. The van der Waals surface area contributed by atoms with Gasteiger partial charge in [-0.25, -0.2) is 0 Å². The third-order valence-electron chi connectivity index (χ3n) is 7.02. The van der Waals surface area contributed by atoms with Crippen molar-refractivity contribution in [2.45, 2.75) is 90.3 Å². The molecule has 3 N–H and O–H groups in total. The average Bonchev–Trinajstić information content (AvgIpc) is 3.14. The molecule has 0 aromatic rings. The summed E-state index contributed by atoms with van der Waals surface area (Å²) in [6.07, 6.45) is 15.0. The molecule has 5 heteroatoms. The molecule has 1 aliphatic heterocycles. The topological polar surface area (TPSA) is 67.6 Å². The van der Waals surface area contributed by atoms with Crippen molar-refractivity contribution in [2.24, 2.45) is 17.6 Å². The molecule has 0 radical (unpaired) electrons. The number of carbonyl (C=O) groups is 1. The minimum atomic E-state index is -0.593. The van der Waals surface area contributed by atoms with Crippen LogP contribution in [0.3, 0.4) is 0 Å². The van der Waals surface area contributed by atoms with E-state index in [2.05, 4.69) is 50.9 Å². The molecule has 0 bridgehead atoms. The molecule has 0 spiro atoms. The second-order valence-corrected chi connectivity index (χ2v) is 9.63. The first-order valence-corrected chi connectivity index (χ1v) is 12.2. The lowest BCUT2D eigenvalue weighted by molar-refractivity contribution is -0.138. The monoisotopic (exact) mass is 431 g/mol. The molecule has 0 aromatic heterocycles. The number of methoxy groups -OCH3 is 1. The third kappa shape index (κ3) is 7.80. The minimum Gasteiger partial charge on any atom is -0.388 e. The lowest BCUT2D eigenvalue weighted by atomic mass is 9.91. The maximum atomic E-state index is 13.1. The molecule has 1 amide bonds. The zero-order valence-electron chi connectivity index (χ0n) is 20.3. The summed E-state index contributed by atoms with van der Waals surface area (Å²) in [7, 11) is 1.71. The van der Waals surface area contributed by atoms with Crippen molar-refractivity contribution in [3.05, 3.63) is 36.1 Å². The number of allylic oxidation sites excluding steroid dienone is 4. The largest absolute Gasteiger partial charge is 0.388 e. The number of rotatable bonds is 13. The van der Waals surface area contributed by atoms with Crippen LogP contribution in [0.25, 0.3) is 0 Å². The van der Waals surface area contributed by atoms with Crippen LogP contribution in [0.2, 0.25) is 0 Å². The number of hydrogen-bond acceptors (Lipinski definition) is 4. The van der Waals surface area contributed by atoms with Gasteiger partial charge in [-0.15, -0.1) is 0 Å². The maximum absolute atomic E-state index is 13.1. The molecule has 0 unspecified atom stereocenters. The van der Waals surface area contributed by atoms with E-state index in [0.717, 1.165) is 70.2 Å². The number of nitrogens with zero attached hydrogens (tertiary/aromatic N) is 1. The predicted octanol–water partition coefficient (Wildman–Crippen LogP) is 4.90. The second-order valence-electron chi connectivity index (χ2n) is 9.63. The van der Waals surface area contributed by atoms with E-state index in [9.17, 15) is 4.79 Å². The molecule has 176 valence electrons. The van der Waals surface area contributed by atoms with Crippen molar-refractivity contribution >= 4 is 5.91 Å². The molecule has 4 atom stereocenters. The van der Waals surface area contributed by atoms with Crippen LogP contribution >= 0.6 is 0 Å². The summed E-state index contributed by atoms with van der Waals surface area (Å²) in [5.74, 6) is 0.873. The van der Waals surface area contributed by atoms with Crippen LogP contribution in [0.15, 0.2) is 36.1 Å². The Balaban J connectivity index is 1.86. The third-order valence-corrected chi connectivity index (χ3v) is 7.02. The summed E-state index contributed by atoms with van der Waals surface area (Å²) in [6, 6.07) is 0. The van der Waals surface area contributed by atoms with Crippen molar-refractivity contribution < 1.29 is 9.53 Å². The molecular weight excluding hydrogens is 386 g/mol. The molecule has 1 aliphatic carbocycles. The number of ether oxygens (including phenoxy) is 1. The van der Waals surface area contributed by atoms with Gasteiger partial charge in [-0.05, 0) is 56.8 Å². The maximum Gasteiger partial charge on any atom is 0.226 e. The first-order valence-electron chi connectivity index (χ1n) is 12.2. The van der Waals surface area contributed by atoms with Gasteiger partial charge in [0, 0.05) is 25.9 Å². The first-order chi connectivity index (χ1) is 14.8. The van der Waals surface area contributed by atoms with Crippen LogP contribution in [-0.2, 0) is 9.53 Å². The summed E-state index contributed by atoms with van der Waals surface area (Å²) < 4.78 is 5.61. The average molecular weight is 432 g/mol. The second kappa shape index (κ2) is 12.4. The van der Waals surface area contributed by atoms with Gasteiger partial charge in [-0.1, -0.05) is 57.6 Å². The molecule has 31 heavy (non-hydrogen) atoms. The van der Waals surface area contributed by atoms with E-state index < -0.39 is 5.66 Å². The van der Waals surface area contributed by atoms with Crippen molar-refractivity contribution in [1.29, 1.82) is 0 Å². The van der Waals surface area contributed by atoms with Crippen LogP contribution in [0.5, 0.6) is 0 Å². The lowest BCUT2D eigenvalue weighted by Crippen LogP contribution is -2.56. The molecule has 2 rings (SSSR count). The zero-order chi connectivity index (χ0) is 22.9. The van der Waals surface area contributed by atoms with E-state index >= 15 is 0 Å². The number of carbonyl (C=O) groups excluding carboxylic acids is 1. The Labute approximate surface area is 190 Å². The van der Waals surface area contributed by atoms with E-state index in [0.29, 0.717) is 12.3 Å². The van der Waals surface area contributed by atoms with Crippen LogP contribution in [0, 0.1) is 11.8 Å². The lowest BCUT2D eigenvalue weighted by Gasteiger charge is -2.38. The normalized spacial score (nSPS) is 23.9. The Bertz CT molecular complexity index is 657. The Morgan fingerprint density at radius 2 is 2.16 bits per heavy atom. The van der Waals surface area contributed by atoms with Crippen LogP contribution in [0.1, 0.15) is 78.6 Å². The smallest absolute Gasteiger partial charge is 0.226 e. The van der Waals surface area contributed by atoms with E-state index in [1.54, 1.807) is 7.11 Å². The highest BCUT2D eigenvalue weighted by molar-refractivity contribution is 5.77. The molecule has 1 heterocycles. The molecule has 1 fully saturated rings. The Hall–Kier alpha value is -1.59. The highest BCUT2D eigenvalue weighted by Gasteiger charge is 2.41. The molecule has 2 aliphatic rings. The van der Waals surface area contributed by atoms with Crippen LogP contribution in [-0.4, -0.2) is 42.8 Å². The van der Waals surface area contributed by atoms with Gasteiger partial charge in [0.1, 0.15) is 0 Å². The van der Waals surface area contributed by atoms with Crippen molar-refractivity contribution in [2.75, 3.05) is 20.2 Å². The van der Waals surface area contributed by atoms with Crippen LogP contribution in [0.4, 0.5) is 0 Å². The van der Waals surface area contributed by atoms with E-state index in [-0.39, 0.29) is 17.9 Å². The Kier molecular flexibility index (Phi) is 10.3. The fourth-order valence-electron chi connectivity index (χ4n) is 4.72. The summed E-state index contributed by atoms with van der Waals surface area (Å²) in [6.45, 7) is 12.4. The molecule has 1 saturated heterocycles. The van der Waals surface area contributed by atoms with E-state index in [1.807, 2.05) is 4.90 Å². The number of amides is 1. The summed E-state index contributed by atoms with van der Waals surface area (Å²) >= 11 is 0. The van der Waals surface area contributed by atoms with Gasteiger partial charge >= 0.3 is 0 Å². The van der Waals surface area contributed by atoms with Gasteiger partial charge < -0.3 is 20.7 Å². The number of likely N-dealkylation sites (tertiary alicyclic amines) is 1. The van der Waals surface area contributed by atoms with Gasteiger partial charge in [0.15, 0.2) is 0 Å². The summed E-state index contributed by atoms with van der Waals surface area (Å²) in [5.41, 5.74) is 8.62. The molecule has 0 aromatic carbocycles. The quantitative estimate of drug-likeness (QED) is 0.435. The van der Waals surface area contributed by atoms with Crippen molar-refractivity contribution in [3.63, 3.8) is 0 Å². The summed E-state index contributed by atoms with van der Waals surface area (Å²) in [5, 5.41) is 3.49. The highest BCUT2D eigenvalue weighted by atomic mass is 16.5. The Morgan fingerprint density at radius 3 is 2.81 bits per heavy atom. The van der Waals surface area contributed by atoms with Gasteiger partial charge in [0.05, 0.1) is 18.2 Å². The van der Waals surface area contributed by atoms with Crippen molar-refractivity contribution in [3.8, 4) is 0 Å². The zero-order valence-corrected chi connectivity index (χ0v) is 20.3. The fourth-order valence-corrected chi connectivity index (χ4v) is 4.72. The van der Waals surface area contributed by atoms with Crippen molar-refractivity contribution in [1.82, 2.24) is 10.2 Å². The summed E-state index contributed by atoms with van der Waals surface area (Å²) in [4.78, 5) is 15.0. The van der Waals surface area contributed by atoms with E-state index in [1.165, 1.54) is 5.57 Å². The van der Waals surface area contributed by atoms with Gasteiger partial charge in [-0.2, -0.15) is 0 Å². The molecule has 0 saturated carbocycles.